The smallest absolute Gasteiger partial charge is 0.0472 e. The van der Waals surface area contributed by atoms with E-state index in [0.717, 1.165) is 26.3 Å². The summed E-state index contributed by atoms with van der Waals surface area (Å²) in [4.78, 5) is 0. The topological polar surface area (TPSA) is 26.0 Å². The second-order valence-electron chi connectivity index (χ2n) is 3.45. The van der Waals surface area contributed by atoms with Crippen LogP contribution in [0.15, 0.2) is 10.5 Å². The van der Waals surface area contributed by atoms with E-state index in [-0.39, 0.29) is 0 Å². The molecule has 0 aliphatic carbocycles. The lowest BCUT2D eigenvalue weighted by molar-refractivity contribution is 0.859. The number of hydrogen-bond donors (Lipinski definition) is 1. The van der Waals surface area contributed by atoms with Crippen LogP contribution in [0, 0.1) is 6.92 Å². The predicted molar refractivity (Wildman–Crippen MR) is 62.4 cm³/mol. The average molecular weight is 263 g/mol. The largest absolute Gasteiger partial charge is 0.398 e. The van der Waals surface area contributed by atoms with Gasteiger partial charge in [0.1, 0.15) is 0 Å². The number of anilines is 1. The van der Waals surface area contributed by atoms with Crippen molar-refractivity contribution in [3.05, 3.63) is 26.7 Å². The zero-order chi connectivity index (χ0) is 10.2. The Balaban J connectivity index is 3.44. The Morgan fingerprint density at radius 3 is 2.46 bits per heavy atom. The minimum Gasteiger partial charge on any atom is -0.398 e. The highest BCUT2D eigenvalue weighted by Crippen LogP contribution is 2.36. The predicted octanol–water partition coefficient (Wildman–Crippen LogP) is 4.12. The van der Waals surface area contributed by atoms with Gasteiger partial charge in [-0.25, -0.2) is 0 Å². The van der Waals surface area contributed by atoms with Gasteiger partial charge in [0.05, 0.1) is 0 Å². The Labute approximate surface area is 92.4 Å². The summed E-state index contributed by atoms with van der Waals surface area (Å²) in [7, 11) is 0. The van der Waals surface area contributed by atoms with Crippen LogP contribution in [-0.4, -0.2) is 0 Å². The lowest BCUT2D eigenvalue weighted by Gasteiger charge is -2.14. The first-order chi connectivity index (χ1) is 5.95. The maximum atomic E-state index is 6.09. The molecule has 0 unspecified atom stereocenters. The summed E-state index contributed by atoms with van der Waals surface area (Å²) >= 11 is 9.61. The van der Waals surface area contributed by atoms with Gasteiger partial charge in [0.2, 0.25) is 0 Å². The maximum absolute atomic E-state index is 6.09. The van der Waals surface area contributed by atoms with E-state index in [0.29, 0.717) is 5.92 Å². The molecule has 0 radical (unpaired) electrons. The van der Waals surface area contributed by atoms with Crippen LogP contribution >= 0.6 is 27.5 Å². The van der Waals surface area contributed by atoms with E-state index in [2.05, 4.69) is 29.8 Å². The minimum absolute atomic E-state index is 0.404. The van der Waals surface area contributed by atoms with Crippen LogP contribution in [0.4, 0.5) is 5.69 Å². The monoisotopic (exact) mass is 261 g/mol. The highest BCUT2D eigenvalue weighted by molar-refractivity contribution is 9.10. The molecule has 0 fully saturated rings. The van der Waals surface area contributed by atoms with Crippen molar-refractivity contribution in [1.29, 1.82) is 0 Å². The van der Waals surface area contributed by atoms with Gasteiger partial charge in [-0.3, -0.25) is 0 Å². The molecular weight excluding hydrogens is 249 g/mol. The summed E-state index contributed by atoms with van der Waals surface area (Å²) in [5.74, 6) is 0.404. The van der Waals surface area contributed by atoms with Gasteiger partial charge in [-0.2, -0.15) is 0 Å². The summed E-state index contributed by atoms with van der Waals surface area (Å²) in [6, 6.07) is 1.82. The molecule has 0 saturated carbocycles. The fraction of sp³-hybridized carbons (Fsp3) is 0.400. The molecule has 72 valence electrons. The van der Waals surface area contributed by atoms with Crippen LogP contribution in [0.2, 0.25) is 5.02 Å². The molecule has 0 aliphatic rings. The van der Waals surface area contributed by atoms with Crippen LogP contribution in [0.1, 0.15) is 30.9 Å². The quantitative estimate of drug-likeness (QED) is 0.757. The Bertz CT molecular complexity index is 334. The van der Waals surface area contributed by atoms with E-state index < -0.39 is 0 Å². The van der Waals surface area contributed by atoms with E-state index in [4.69, 9.17) is 17.3 Å². The lowest BCUT2D eigenvalue weighted by atomic mass is 10.0. The molecule has 0 amide bonds. The van der Waals surface area contributed by atoms with Gasteiger partial charge in [0.25, 0.3) is 0 Å². The number of benzene rings is 1. The van der Waals surface area contributed by atoms with Crippen LogP contribution in [0.25, 0.3) is 0 Å². The lowest BCUT2D eigenvalue weighted by Crippen LogP contribution is -1.98. The van der Waals surface area contributed by atoms with E-state index in [9.17, 15) is 0 Å². The van der Waals surface area contributed by atoms with Gasteiger partial charge in [0, 0.05) is 15.2 Å². The van der Waals surface area contributed by atoms with Gasteiger partial charge in [-0.05, 0) is 30.0 Å². The molecule has 1 nitrogen and oxygen atoms in total. The summed E-state index contributed by atoms with van der Waals surface area (Å²) in [5.41, 5.74) is 8.71. The SMILES string of the molecule is Cc1c(N)cc(Cl)c(C(C)C)c1Br. The highest BCUT2D eigenvalue weighted by Gasteiger charge is 2.13. The molecule has 0 aliphatic heterocycles. The Morgan fingerprint density at radius 2 is 2.00 bits per heavy atom. The molecular formula is C10H13BrClN. The molecule has 0 saturated heterocycles. The van der Waals surface area contributed by atoms with Gasteiger partial charge >= 0.3 is 0 Å². The molecule has 1 rings (SSSR count). The molecule has 1 aromatic rings. The second kappa shape index (κ2) is 3.89. The fourth-order valence-corrected chi connectivity index (χ4v) is 2.73. The van der Waals surface area contributed by atoms with E-state index in [1.54, 1.807) is 0 Å². The van der Waals surface area contributed by atoms with Crippen molar-refractivity contribution in [2.24, 2.45) is 0 Å². The molecule has 3 heteroatoms. The van der Waals surface area contributed by atoms with Crippen LogP contribution in [0.3, 0.4) is 0 Å². The number of halogens is 2. The second-order valence-corrected chi connectivity index (χ2v) is 4.66. The normalized spacial score (nSPS) is 10.9. The summed E-state index contributed by atoms with van der Waals surface area (Å²) in [6.45, 7) is 6.21. The zero-order valence-corrected chi connectivity index (χ0v) is 10.3. The molecule has 0 spiro atoms. The van der Waals surface area contributed by atoms with Crippen LogP contribution < -0.4 is 5.73 Å². The minimum atomic E-state index is 0.404. The third kappa shape index (κ3) is 2.00. The van der Waals surface area contributed by atoms with Crippen molar-refractivity contribution in [2.45, 2.75) is 26.7 Å². The van der Waals surface area contributed by atoms with Gasteiger partial charge in [-0.1, -0.05) is 41.4 Å². The Kier molecular flexibility index (Phi) is 3.25. The third-order valence-corrected chi connectivity index (χ3v) is 3.45. The Hall–Kier alpha value is -0.210. The van der Waals surface area contributed by atoms with Crippen molar-refractivity contribution in [3.8, 4) is 0 Å². The van der Waals surface area contributed by atoms with E-state index in [1.165, 1.54) is 0 Å². The van der Waals surface area contributed by atoms with Gasteiger partial charge < -0.3 is 5.73 Å². The molecule has 13 heavy (non-hydrogen) atoms. The van der Waals surface area contributed by atoms with Gasteiger partial charge in [-0.15, -0.1) is 0 Å². The van der Waals surface area contributed by atoms with Crippen molar-refractivity contribution in [3.63, 3.8) is 0 Å². The maximum Gasteiger partial charge on any atom is 0.0472 e. The van der Waals surface area contributed by atoms with Gasteiger partial charge in [0.15, 0.2) is 0 Å². The standard InChI is InChI=1S/C10H13BrClN/c1-5(2)9-7(12)4-8(13)6(3)10(9)11/h4-5H,13H2,1-3H3. The fourth-order valence-electron chi connectivity index (χ4n) is 1.29. The van der Waals surface area contributed by atoms with Crippen molar-refractivity contribution in [1.82, 2.24) is 0 Å². The first-order valence-electron chi connectivity index (χ1n) is 4.19. The van der Waals surface area contributed by atoms with E-state index in [1.807, 2.05) is 13.0 Å². The molecule has 1 aromatic carbocycles. The van der Waals surface area contributed by atoms with Crippen molar-refractivity contribution in [2.75, 3.05) is 5.73 Å². The number of rotatable bonds is 1. The summed E-state index contributed by atoms with van der Waals surface area (Å²) < 4.78 is 1.03. The first kappa shape index (κ1) is 10.9. The van der Waals surface area contributed by atoms with Crippen LogP contribution in [0.5, 0.6) is 0 Å². The average Bonchev–Trinajstić information content (AvgIpc) is 1.99. The van der Waals surface area contributed by atoms with E-state index >= 15 is 0 Å². The molecule has 0 bridgehead atoms. The van der Waals surface area contributed by atoms with Crippen molar-refractivity contribution < 1.29 is 0 Å². The van der Waals surface area contributed by atoms with Crippen molar-refractivity contribution >= 4 is 33.2 Å². The third-order valence-electron chi connectivity index (χ3n) is 2.12. The number of nitrogen functional groups attached to an aromatic ring is 1. The summed E-state index contributed by atoms with van der Waals surface area (Å²) in [6.07, 6.45) is 0. The summed E-state index contributed by atoms with van der Waals surface area (Å²) in [5, 5.41) is 0.741. The molecule has 0 heterocycles. The number of hydrogen-bond acceptors (Lipinski definition) is 1. The van der Waals surface area contributed by atoms with Crippen LogP contribution in [-0.2, 0) is 0 Å². The highest BCUT2D eigenvalue weighted by atomic mass is 79.9. The zero-order valence-electron chi connectivity index (χ0n) is 7.99. The molecule has 0 atom stereocenters. The molecule has 0 aromatic heterocycles. The Morgan fingerprint density at radius 1 is 1.46 bits per heavy atom. The first-order valence-corrected chi connectivity index (χ1v) is 5.36. The number of nitrogens with two attached hydrogens (primary N) is 1. The molecule has 2 N–H and O–H groups in total.